The molecule has 5 rings (SSSR count). The minimum atomic E-state index is 0.989. The van der Waals surface area contributed by atoms with Crippen LogP contribution < -0.4 is 0 Å². The number of nitrogens with one attached hydrogen (secondary N) is 1. The number of nitrogens with zero attached hydrogens (tertiary/aromatic N) is 1. The SMILES string of the molecule is c1ccc(-c2ccc3[nH]c4c(-c5ccccn5)cccc4c3c2)cc1. The topological polar surface area (TPSA) is 28.7 Å². The molecule has 0 unspecified atom stereocenters. The lowest BCUT2D eigenvalue weighted by atomic mass is 10.0. The van der Waals surface area contributed by atoms with Gasteiger partial charge in [0.05, 0.1) is 11.2 Å². The molecule has 0 saturated carbocycles. The summed E-state index contributed by atoms with van der Waals surface area (Å²) < 4.78 is 0. The third kappa shape index (κ3) is 2.31. The van der Waals surface area contributed by atoms with Gasteiger partial charge in [0.2, 0.25) is 0 Å². The van der Waals surface area contributed by atoms with Crippen LogP contribution in [0.25, 0.3) is 44.2 Å². The van der Waals surface area contributed by atoms with Gasteiger partial charge in [-0.3, -0.25) is 4.98 Å². The molecule has 0 radical (unpaired) electrons. The molecule has 25 heavy (non-hydrogen) atoms. The molecule has 118 valence electrons. The van der Waals surface area contributed by atoms with E-state index < -0.39 is 0 Å². The molecule has 2 heteroatoms. The number of H-pyrrole nitrogens is 1. The second kappa shape index (κ2) is 5.60. The van der Waals surface area contributed by atoms with Crippen molar-refractivity contribution in [2.75, 3.05) is 0 Å². The predicted molar refractivity (Wildman–Crippen MR) is 104 cm³/mol. The minimum Gasteiger partial charge on any atom is -0.354 e. The first-order valence-electron chi connectivity index (χ1n) is 8.41. The van der Waals surface area contributed by atoms with Gasteiger partial charge in [-0.05, 0) is 35.4 Å². The second-order valence-corrected chi connectivity index (χ2v) is 6.19. The summed E-state index contributed by atoms with van der Waals surface area (Å²) in [5.74, 6) is 0. The molecule has 5 aromatic rings. The van der Waals surface area contributed by atoms with E-state index in [0.717, 1.165) is 22.3 Å². The lowest BCUT2D eigenvalue weighted by Gasteiger charge is -2.03. The van der Waals surface area contributed by atoms with Crippen LogP contribution in [0.2, 0.25) is 0 Å². The standard InChI is InChI=1S/C23H16N2/c1-2-7-16(8-3-1)17-12-13-22-20(15-17)18-9-6-10-19(23(18)25-22)21-11-4-5-14-24-21/h1-15,25H. The Morgan fingerprint density at radius 1 is 0.640 bits per heavy atom. The van der Waals surface area contributed by atoms with Crippen molar-refractivity contribution in [2.45, 2.75) is 0 Å². The van der Waals surface area contributed by atoms with Crippen LogP contribution in [0.4, 0.5) is 0 Å². The Morgan fingerprint density at radius 2 is 1.52 bits per heavy atom. The number of pyridine rings is 1. The van der Waals surface area contributed by atoms with Crippen LogP contribution in [0.3, 0.4) is 0 Å². The van der Waals surface area contributed by atoms with Crippen molar-refractivity contribution >= 4 is 21.8 Å². The minimum absolute atomic E-state index is 0.989. The van der Waals surface area contributed by atoms with Crippen molar-refractivity contribution in [1.29, 1.82) is 0 Å². The van der Waals surface area contributed by atoms with Gasteiger partial charge in [-0.15, -0.1) is 0 Å². The van der Waals surface area contributed by atoms with E-state index in [1.807, 2.05) is 24.4 Å². The molecular weight excluding hydrogens is 304 g/mol. The van der Waals surface area contributed by atoms with Crippen LogP contribution in [0.5, 0.6) is 0 Å². The Balaban J connectivity index is 1.77. The average molecular weight is 320 g/mol. The first-order chi connectivity index (χ1) is 12.4. The Labute approximate surface area is 145 Å². The zero-order valence-electron chi connectivity index (χ0n) is 13.6. The summed E-state index contributed by atoms with van der Waals surface area (Å²) in [6, 6.07) is 29.5. The summed E-state index contributed by atoms with van der Waals surface area (Å²) in [5.41, 5.74) is 6.88. The number of aromatic nitrogens is 2. The summed E-state index contributed by atoms with van der Waals surface area (Å²) >= 11 is 0. The summed E-state index contributed by atoms with van der Waals surface area (Å²) in [4.78, 5) is 8.10. The summed E-state index contributed by atoms with van der Waals surface area (Å²) in [5, 5.41) is 2.48. The second-order valence-electron chi connectivity index (χ2n) is 6.19. The van der Waals surface area contributed by atoms with Crippen LogP contribution in [0.15, 0.2) is 91.1 Å². The first kappa shape index (κ1) is 14.0. The normalized spacial score (nSPS) is 11.2. The van der Waals surface area contributed by atoms with Gasteiger partial charge in [0.15, 0.2) is 0 Å². The van der Waals surface area contributed by atoms with Gasteiger partial charge >= 0.3 is 0 Å². The highest BCUT2D eigenvalue weighted by Crippen LogP contribution is 2.34. The van der Waals surface area contributed by atoms with Gasteiger partial charge in [0, 0.05) is 28.0 Å². The Morgan fingerprint density at radius 3 is 2.36 bits per heavy atom. The fraction of sp³-hybridized carbons (Fsp3) is 0. The summed E-state index contributed by atoms with van der Waals surface area (Å²) in [7, 11) is 0. The summed E-state index contributed by atoms with van der Waals surface area (Å²) in [6.45, 7) is 0. The maximum absolute atomic E-state index is 4.51. The van der Waals surface area contributed by atoms with Crippen molar-refractivity contribution < 1.29 is 0 Å². The highest BCUT2D eigenvalue weighted by molar-refractivity contribution is 6.12. The van der Waals surface area contributed by atoms with Crippen molar-refractivity contribution in [3.63, 3.8) is 0 Å². The molecule has 2 heterocycles. The maximum Gasteiger partial charge on any atom is 0.0723 e. The number of hydrogen-bond acceptors (Lipinski definition) is 1. The zero-order valence-corrected chi connectivity index (χ0v) is 13.6. The number of para-hydroxylation sites is 1. The highest BCUT2D eigenvalue weighted by atomic mass is 14.7. The molecule has 0 aliphatic heterocycles. The van der Waals surface area contributed by atoms with Crippen molar-refractivity contribution in [1.82, 2.24) is 9.97 Å². The number of fused-ring (bicyclic) bond motifs is 3. The van der Waals surface area contributed by atoms with Gasteiger partial charge in [-0.2, -0.15) is 0 Å². The van der Waals surface area contributed by atoms with Crippen LogP contribution >= 0.6 is 0 Å². The van der Waals surface area contributed by atoms with Crippen molar-refractivity contribution in [3.05, 3.63) is 91.1 Å². The van der Waals surface area contributed by atoms with Crippen LogP contribution in [-0.4, -0.2) is 9.97 Å². The molecule has 0 aliphatic rings. The Kier molecular flexibility index (Phi) is 3.14. The molecule has 1 N–H and O–H groups in total. The van der Waals surface area contributed by atoms with Gasteiger partial charge in [0.25, 0.3) is 0 Å². The fourth-order valence-corrected chi connectivity index (χ4v) is 3.47. The van der Waals surface area contributed by atoms with E-state index in [1.54, 1.807) is 0 Å². The number of hydrogen-bond donors (Lipinski definition) is 1. The number of aromatic amines is 1. The van der Waals surface area contributed by atoms with Crippen LogP contribution in [0.1, 0.15) is 0 Å². The van der Waals surface area contributed by atoms with Gasteiger partial charge in [-0.25, -0.2) is 0 Å². The van der Waals surface area contributed by atoms with E-state index >= 15 is 0 Å². The monoisotopic (exact) mass is 320 g/mol. The first-order valence-corrected chi connectivity index (χ1v) is 8.41. The lowest BCUT2D eigenvalue weighted by molar-refractivity contribution is 1.33. The smallest absolute Gasteiger partial charge is 0.0723 e. The van der Waals surface area contributed by atoms with E-state index in [1.165, 1.54) is 21.9 Å². The van der Waals surface area contributed by atoms with Crippen molar-refractivity contribution in [2.24, 2.45) is 0 Å². The number of rotatable bonds is 2. The van der Waals surface area contributed by atoms with Gasteiger partial charge < -0.3 is 4.98 Å². The molecule has 0 atom stereocenters. The molecule has 2 nitrogen and oxygen atoms in total. The van der Waals surface area contributed by atoms with Gasteiger partial charge in [0.1, 0.15) is 0 Å². The Hall–Kier alpha value is -3.39. The van der Waals surface area contributed by atoms with E-state index in [-0.39, 0.29) is 0 Å². The lowest BCUT2D eigenvalue weighted by Crippen LogP contribution is -1.83. The summed E-state index contributed by atoms with van der Waals surface area (Å²) in [6.07, 6.45) is 1.84. The third-order valence-electron chi connectivity index (χ3n) is 4.68. The molecule has 3 aromatic carbocycles. The molecule has 0 bridgehead atoms. The van der Waals surface area contributed by atoms with E-state index in [0.29, 0.717) is 0 Å². The molecule has 0 spiro atoms. The zero-order chi connectivity index (χ0) is 16.6. The average Bonchev–Trinajstić information content (AvgIpc) is 3.07. The predicted octanol–water partition coefficient (Wildman–Crippen LogP) is 6.05. The van der Waals surface area contributed by atoms with E-state index in [9.17, 15) is 0 Å². The Bertz CT molecular complexity index is 1170. The fourth-order valence-electron chi connectivity index (χ4n) is 3.47. The molecule has 2 aromatic heterocycles. The van der Waals surface area contributed by atoms with Crippen LogP contribution in [-0.2, 0) is 0 Å². The maximum atomic E-state index is 4.51. The van der Waals surface area contributed by atoms with Gasteiger partial charge in [-0.1, -0.05) is 60.7 Å². The number of benzene rings is 3. The quantitative estimate of drug-likeness (QED) is 0.421. The highest BCUT2D eigenvalue weighted by Gasteiger charge is 2.11. The largest absolute Gasteiger partial charge is 0.354 e. The van der Waals surface area contributed by atoms with Crippen LogP contribution in [0, 0.1) is 0 Å². The molecule has 0 fully saturated rings. The molecular formula is C23H16N2. The molecule has 0 aliphatic carbocycles. The van der Waals surface area contributed by atoms with Crippen molar-refractivity contribution in [3.8, 4) is 22.4 Å². The third-order valence-corrected chi connectivity index (χ3v) is 4.68. The van der Waals surface area contributed by atoms with E-state index in [2.05, 4.69) is 76.7 Å². The molecule has 0 amide bonds. The molecule has 0 saturated heterocycles. The van der Waals surface area contributed by atoms with E-state index in [4.69, 9.17) is 0 Å².